The molecule has 1 aromatic heterocycles. The molecule has 0 unspecified atom stereocenters. The smallest absolute Gasteiger partial charge is 0.272 e. The normalized spacial score (nSPS) is 10.3. The van der Waals surface area contributed by atoms with Crippen molar-refractivity contribution < 1.29 is 4.79 Å². The molecule has 1 amide bonds. The number of anilines is 1. The quantitative estimate of drug-likeness (QED) is 0.751. The number of rotatable bonds is 8. The van der Waals surface area contributed by atoms with Crippen molar-refractivity contribution in [2.24, 2.45) is 0 Å². The number of nitrogens with one attached hydrogen (secondary N) is 1. The van der Waals surface area contributed by atoms with Gasteiger partial charge in [0, 0.05) is 31.5 Å². The predicted octanol–water partition coefficient (Wildman–Crippen LogP) is 3.96. The number of hydrogen-bond donors (Lipinski definition) is 1. The Labute approximate surface area is 138 Å². The van der Waals surface area contributed by atoms with Crippen molar-refractivity contribution in [2.75, 3.05) is 18.4 Å². The molecule has 0 spiro atoms. The molecule has 0 radical (unpaired) electrons. The van der Waals surface area contributed by atoms with Gasteiger partial charge in [-0.2, -0.15) is 0 Å². The van der Waals surface area contributed by atoms with Crippen molar-refractivity contribution in [3.8, 4) is 0 Å². The predicted molar refractivity (Wildman–Crippen MR) is 94.5 cm³/mol. The molecule has 1 aromatic carbocycles. The lowest BCUT2D eigenvalue weighted by molar-refractivity contribution is 0.0746. The van der Waals surface area contributed by atoms with Crippen LogP contribution in [0.3, 0.4) is 0 Å². The average Bonchev–Trinajstić information content (AvgIpc) is 2.60. The molecule has 4 heteroatoms. The summed E-state index contributed by atoms with van der Waals surface area (Å²) < 4.78 is 0. The summed E-state index contributed by atoms with van der Waals surface area (Å²) in [5.41, 5.74) is 2.57. The summed E-state index contributed by atoms with van der Waals surface area (Å²) in [6, 6.07) is 13.8. The Balaban J connectivity index is 2.06. The second-order valence-electron chi connectivity index (χ2n) is 5.52. The molecule has 0 atom stereocenters. The number of carbonyl (C=O) groups is 1. The third-order valence-corrected chi connectivity index (χ3v) is 3.72. The van der Waals surface area contributed by atoms with Crippen molar-refractivity contribution in [2.45, 2.75) is 33.2 Å². The van der Waals surface area contributed by atoms with Crippen LogP contribution in [-0.4, -0.2) is 28.9 Å². The minimum absolute atomic E-state index is 0.0319. The van der Waals surface area contributed by atoms with E-state index < -0.39 is 0 Å². The van der Waals surface area contributed by atoms with E-state index in [4.69, 9.17) is 0 Å². The van der Waals surface area contributed by atoms with Crippen molar-refractivity contribution in [1.29, 1.82) is 0 Å². The van der Waals surface area contributed by atoms with Gasteiger partial charge in [-0.15, -0.1) is 0 Å². The summed E-state index contributed by atoms with van der Waals surface area (Å²) in [6.07, 6.45) is 3.95. The lowest BCUT2D eigenvalue weighted by Crippen LogP contribution is -2.31. The van der Waals surface area contributed by atoms with E-state index in [0.29, 0.717) is 18.8 Å². The summed E-state index contributed by atoms with van der Waals surface area (Å²) in [5.74, 6) is -0.0319. The largest absolute Gasteiger partial charge is 0.385 e. The molecule has 0 aliphatic carbocycles. The van der Waals surface area contributed by atoms with Crippen LogP contribution in [-0.2, 0) is 6.54 Å². The van der Waals surface area contributed by atoms with E-state index in [0.717, 1.165) is 30.6 Å². The number of benzene rings is 1. The van der Waals surface area contributed by atoms with E-state index in [2.05, 4.69) is 17.2 Å². The highest BCUT2D eigenvalue weighted by Crippen LogP contribution is 2.12. The number of carbonyl (C=O) groups excluding carboxylic acids is 1. The van der Waals surface area contributed by atoms with Crippen LogP contribution in [0.2, 0.25) is 0 Å². The van der Waals surface area contributed by atoms with E-state index >= 15 is 0 Å². The number of unbranched alkanes of at least 4 members (excludes halogenated alkanes) is 1. The van der Waals surface area contributed by atoms with Gasteiger partial charge in [-0.05, 0) is 31.0 Å². The Hall–Kier alpha value is -2.36. The average molecular weight is 311 g/mol. The molecule has 122 valence electrons. The second-order valence-corrected chi connectivity index (χ2v) is 5.52. The third kappa shape index (κ3) is 5.09. The van der Waals surface area contributed by atoms with Gasteiger partial charge >= 0.3 is 0 Å². The van der Waals surface area contributed by atoms with E-state index in [-0.39, 0.29) is 5.91 Å². The number of nitrogens with zero attached hydrogens (tertiary/aromatic N) is 2. The Kier molecular flexibility index (Phi) is 6.60. The lowest BCUT2D eigenvalue weighted by atomic mass is 10.2. The summed E-state index contributed by atoms with van der Waals surface area (Å²) in [4.78, 5) is 18.8. The summed E-state index contributed by atoms with van der Waals surface area (Å²) in [5, 5.41) is 3.34. The van der Waals surface area contributed by atoms with Crippen LogP contribution in [0.25, 0.3) is 0 Å². The first-order valence-corrected chi connectivity index (χ1v) is 8.27. The monoisotopic (exact) mass is 311 g/mol. The second kappa shape index (κ2) is 8.93. The molecule has 0 aliphatic heterocycles. The van der Waals surface area contributed by atoms with E-state index in [1.165, 1.54) is 0 Å². The van der Waals surface area contributed by atoms with Crippen LogP contribution in [0.1, 0.15) is 42.7 Å². The fraction of sp³-hybridized carbons (Fsp3) is 0.368. The zero-order chi connectivity index (χ0) is 16.5. The van der Waals surface area contributed by atoms with Crippen LogP contribution < -0.4 is 5.32 Å². The SMILES string of the molecule is CCCCNc1ccnc(C(=O)N(CC)Cc2ccccc2)c1. The Bertz CT molecular complexity index is 613. The molecule has 2 aromatic rings. The van der Waals surface area contributed by atoms with Crippen LogP contribution >= 0.6 is 0 Å². The molecule has 0 saturated carbocycles. The van der Waals surface area contributed by atoms with Gasteiger partial charge in [0.1, 0.15) is 5.69 Å². The third-order valence-electron chi connectivity index (χ3n) is 3.72. The van der Waals surface area contributed by atoms with Gasteiger partial charge in [0.25, 0.3) is 5.91 Å². The van der Waals surface area contributed by atoms with Crippen LogP contribution in [0.5, 0.6) is 0 Å². The highest BCUT2D eigenvalue weighted by Gasteiger charge is 2.16. The fourth-order valence-corrected chi connectivity index (χ4v) is 2.36. The molecular weight excluding hydrogens is 286 g/mol. The molecule has 0 fully saturated rings. The molecule has 23 heavy (non-hydrogen) atoms. The molecule has 4 nitrogen and oxygen atoms in total. The molecular formula is C19H25N3O. The summed E-state index contributed by atoms with van der Waals surface area (Å²) in [7, 11) is 0. The maximum atomic E-state index is 12.7. The highest BCUT2D eigenvalue weighted by atomic mass is 16.2. The Morgan fingerprint density at radius 1 is 1.17 bits per heavy atom. The maximum absolute atomic E-state index is 12.7. The number of hydrogen-bond acceptors (Lipinski definition) is 3. The standard InChI is InChI=1S/C19H25N3O/c1-3-5-12-20-17-11-13-21-18(14-17)19(23)22(4-2)15-16-9-7-6-8-10-16/h6-11,13-14H,3-5,12,15H2,1-2H3,(H,20,21). The Morgan fingerprint density at radius 3 is 2.65 bits per heavy atom. The van der Waals surface area contributed by atoms with Gasteiger partial charge in [-0.3, -0.25) is 9.78 Å². The fourth-order valence-electron chi connectivity index (χ4n) is 2.36. The first kappa shape index (κ1) is 17.0. The van der Waals surface area contributed by atoms with Gasteiger partial charge < -0.3 is 10.2 Å². The van der Waals surface area contributed by atoms with Gasteiger partial charge in [-0.1, -0.05) is 43.7 Å². The molecule has 1 heterocycles. The summed E-state index contributed by atoms with van der Waals surface area (Å²) in [6.45, 7) is 6.32. The zero-order valence-electron chi connectivity index (χ0n) is 14.0. The van der Waals surface area contributed by atoms with Crippen LogP contribution in [0.4, 0.5) is 5.69 Å². The molecule has 0 aliphatic rings. The minimum atomic E-state index is -0.0319. The summed E-state index contributed by atoms with van der Waals surface area (Å²) >= 11 is 0. The van der Waals surface area contributed by atoms with Gasteiger partial charge in [0.05, 0.1) is 0 Å². The van der Waals surface area contributed by atoms with Crippen molar-refractivity contribution in [1.82, 2.24) is 9.88 Å². The number of aromatic nitrogens is 1. The van der Waals surface area contributed by atoms with E-state index in [1.54, 1.807) is 6.20 Å². The topological polar surface area (TPSA) is 45.2 Å². The number of pyridine rings is 1. The van der Waals surface area contributed by atoms with Crippen LogP contribution in [0.15, 0.2) is 48.7 Å². The Morgan fingerprint density at radius 2 is 1.96 bits per heavy atom. The number of amides is 1. The first-order valence-electron chi connectivity index (χ1n) is 8.27. The van der Waals surface area contributed by atoms with Crippen molar-refractivity contribution in [3.05, 3.63) is 59.9 Å². The van der Waals surface area contributed by atoms with Crippen molar-refractivity contribution >= 4 is 11.6 Å². The van der Waals surface area contributed by atoms with Crippen molar-refractivity contribution in [3.63, 3.8) is 0 Å². The van der Waals surface area contributed by atoms with E-state index in [1.807, 2.05) is 54.3 Å². The minimum Gasteiger partial charge on any atom is -0.385 e. The van der Waals surface area contributed by atoms with E-state index in [9.17, 15) is 4.79 Å². The van der Waals surface area contributed by atoms with Gasteiger partial charge in [-0.25, -0.2) is 0 Å². The van der Waals surface area contributed by atoms with Gasteiger partial charge in [0.2, 0.25) is 0 Å². The highest BCUT2D eigenvalue weighted by molar-refractivity contribution is 5.93. The molecule has 2 rings (SSSR count). The molecule has 0 bridgehead atoms. The lowest BCUT2D eigenvalue weighted by Gasteiger charge is -2.21. The first-order chi connectivity index (χ1) is 11.2. The molecule has 0 saturated heterocycles. The zero-order valence-corrected chi connectivity index (χ0v) is 14.0. The van der Waals surface area contributed by atoms with Crippen LogP contribution in [0, 0.1) is 0 Å². The van der Waals surface area contributed by atoms with Gasteiger partial charge in [0.15, 0.2) is 0 Å². The molecule has 1 N–H and O–H groups in total. The maximum Gasteiger partial charge on any atom is 0.272 e.